The Morgan fingerprint density at radius 2 is 2.30 bits per heavy atom. The Hall–Kier alpha value is -0.770. The van der Waals surface area contributed by atoms with Crippen LogP contribution in [0.5, 0.6) is 5.75 Å². The van der Waals surface area contributed by atoms with Crippen molar-refractivity contribution in [3.8, 4) is 5.75 Å². The van der Waals surface area contributed by atoms with E-state index in [1.54, 1.807) is 0 Å². The van der Waals surface area contributed by atoms with E-state index in [1.165, 1.54) is 6.42 Å². The first-order valence-corrected chi connectivity index (χ1v) is 7.71. The van der Waals surface area contributed by atoms with Gasteiger partial charge in [-0.25, -0.2) is 0 Å². The first-order chi connectivity index (χ1) is 9.61. The average molecular weight is 298 g/mol. The molecule has 1 fully saturated rings. The lowest BCUT2D eigenvalue weighted by atomic mass is 9.83. The molecule has 1 unspecified atom stereocenters. The van der Waals surface area contributed by atoms with E-state index in [0.29, 0.717) is 11.6 Å². The third-order valence-electron chi connectivity index (χ3n) is 3.93. The Morgan fingerprint density at radius 3 is 3.05 bits per heavy atom. The number of hydrogen-bond acceptors (Lipinski definition) is 3. The number of hydrogen-bond donors (Lipinski definition) is 1. The van der Waals surface area contributed by atoms with Gasteiger partial charge in [0.15, 0.2) is 0 Å². The summed E-state index contributed by atoms with van der Waals surface area (Å²) in [6, 6.07) is 7.51. The molecule has 0 bridgehead atoms. The Labute approximate surface area is 126 Å². The molecule has 1 heterocycles. The van der Waals surface area contributed by atoms with Gasteiger partial charge in [-0.1, -0.05) is 24.6 Å². The van der Waals surface area contributed by atoms with Gasteiger partial charge in [0.2, 0.25) is 0 Å². The van der Waals surface area contributed by atoms with Crippen LogP contribution in [-0.2, 0) is 0 Å². The van der Waals surface area contributed by atoms with Crippen molar-refractivity contribution in [2.45, 2.75) is 26.2 Å². The van der Waals surface area contributed by atoms with Gasteiger partial charge in [0.1, 0.15) is 5.75 Å². The van der Waals surface area contributed by atoms with Gasteiger partial charge in [-0.15, -0.1) is 0 Å². The summed E-state index contributed by atoms with van der Waals surface area (Å²) in [5.74, 6) is 0.830. The Bertz CT molecular complexity index is 427. The van der Waals surface area contributed by atoms with E-state index < -0.39 is 0 Å². The summed E-state index contributed by atoms with van der Waals surface area (Å²) in [6.45, 7) is 6.29. The van der Waals surface area contributed by atoms with Crippen LogP contribution in [0.1, 0.15) is 26.2 Å². The van der Waals surface area contributed by atoms with Gasteiger partial charge < -0.3 is 14.7 Å². The maximum Gasteiger partial charge on any atom is 0.120 e. The number of aliphatic hydroxyl groups excluding tert-OH is 1. The molecule has 0 radical (unpaired) electrons. The number of benzene rings is 1. The molecular weight excluding hydrogens is 274 g/mol. The molecule has 1 N–H and O–H groups in total. The summed E-state index contributed by atoms with van der Waals surface area (Å²) in [7, 11) is 0. The third kappa shape index (κ3) is 4.65. The fourth-order valence-corrected chi connectivity index (χ4v) is 2.96. The number of piperidine rings is 1. The fraction of sp³-hybridized carbons (Fsp3) is 0.625. The van der Waals surface area contributed by atoms with Crippen LogP contribution >= 0.6 is 11.6 Å². The maximum absolute atomic E-state index is 9.45. The number of nitrogens with zero attached hydrogens (tertiary/aromatic N) is 1. The summed E-state index contributed by atoms with van der Waals surface area (Å²) in [4.78, 5) is 2.43. The van der Waals surface area contributed by atoms with Crippen molar-refractivity contribution >= 4 is 11.6 Å². The molecule has 4 heteroatoms. The lowest BCUT2D eigenvalue weighted by molar-refractivity contribution is 0.0444. The zero-order valence-electron chi connectivity index (χ0n) is 12.1. The first-order valence-electron chi connectivity index (χ1n) is 7.33. The normalized spacial score (nSPS) is 23.8. The van der Waals surface area contributed by atoms with Gasteiger partial charge in [0.05, 0.1) is 6.61 Å². The fourth-order valence-electron chi connectivity index (χ4n) is 2.78. The van der Waals surface area contributed by atoms with Crippen LogP contribution in [0.4, 0.5) is 0 Å². The average Bonchev–Trinajstić information content (AvgIpc) is 2.44. The van der Waals surface area contributed by atoms with E-state index in [-0.39, 0.29) is 12.0 Å². The van der Waals surface area contributed by atoms with E-state index in [2.05, 4.69) is 11.8 Å². The molecule has 0 spiro atoms. The second-order valence-corrected chi connectivity index (χ2v) is 6.44. The highest BCUT2D eigenvalue weighted by Crippen LogP contribution is 2.28. The topological polar surface area (TPSA) is 32.7 Å². The molecule has 2 rings (SSSR count). The Balaban J connectivity index is 1.68. The molecule has 0 saturated carbocycles. The maximum atomic E-state index is 9.45. The molecule has 112 valence electrons. The molecule has 20 heavy (non-hydrogen) atoms. The Morgan fingerprint density at radius 1 is 1.45 bits per heavy atom. The quantitative estimate of drug-likeness (QED) is 0.819. The molecule has 1 aliphatic rings. The molecular formula is C16H24ClNO2. The van der Waals surface area contributed by atoms with Crippen molar-refractivity contribution in [3.63, 3.8) is 0 Å². The van der Waals surface area contributed by atoms with E-state index in [4.69, 9.17) is 16.3 Å². The number of halogens is 1. The van der Waals surface area contributed by atoms with Crippen molar-refractivity contribution in [3.05, 3.63) is 29.3 Å². The van der Waals surface area contributed by atoms with Crippen molar-refractivity contribution < 1.29 is 9.84 Å². The second kappa shape index (κ2) is 7.30. The minimum atomic E-state index is 0.0755. The molecule has 1 aromatic rings. The van der Waals surface area contributed by atoms with Crippen LogP contribution < -0.4 is 4.74 Å². The largest absolute Gasteiger partial charge is 0.493 e. The highest BCUT2D eigenvalue weighted by atomic mass is 35.5. The van der Waals surface area contributed by atoms with Gasteiger partial charge in [0.25, 0.3) is 0 Å². The highest BCUT2D eigenvalue weighted by Gasteiger charge is 2.29. The minimum Gasteiger partial charge on any atom is -0.493 e. The van der Waals surface area contributed by atoms with Crippen LogP contribution in [0, 0.1) is 5.41 Å². The SMILES string of the molecule is CC1(CO)CCCN(CCCOc2cccc(Cl)c2)C1. The Kier molecular flexibility index (Phi) is 5.70. The zero-order valence-corrected chi connectivity index (χ0v) is 12.9. The lowest BCUT2D eigenvalue weighted by Gasteiger charge is -2.39. The van der Waals surface area contributed by atoms with Crippen LogP contribution in [0.15, 0.2) is 24.3 Å². The van der Waals surface area contributed by atoms with Crippen LogP contribution in [0.25, 0.3) is 0 Å². The van der Waals surface area contributed by atoms with Gasteiger partial charge in [0, 0.05) is 30.1 Å². The van der Waals surface area contributed by atoms with Gasteiger partial charge in [-0.05, 0) is 44.0 Å². The van der Waals surface area contributed by atoms with Gasteiger partial charge >= 0.3 is 0 Å². The molecule has 0 aliphatic carbocycles. The molecule has 1 aliphatic heterocycles. The van der Waals surface area contributed by atoms with E-state index in [1.807, 2.05) is 24.3 Å². The van der Waals surface area contributed by atoms with Crippen LogP contribution in [0.3, 0.4) is 0 Å². The van der Waals surface area contributed by atoms with E-state index in [0.717, 1.165) is 38.2 Å². The summed E-state index contributed by atoms with van der Waals surface area (Å²) in [5, 5.41) is 10.2. The standard InChI is InChI=1S/C16H24ClNO2/c1-16(13-19)7-3-8-18(12-16)9-4-10-20-15-6-2-5-14(17)11-15/h2,5-6,11,19H,3-4,7-10,12-13H2,1H3. The predicted octanol–water partition coefficient (Wildman–Crippen LogP) is 3.20. The third-order valence-corrected chi connectivity index (χ3v) is 4.16. The summed E-state index contributed by atoms with van der Waals surface area (Å²) in [5.41, 5.74) is 0.0755. The van der Waals surface area contributed by atoms with Crippen molar-refractivity contribution in [1.82, 2.24) is 4.90 Å². The smallest absolute Gasteiger partial charge is 0.120 e. The van der Waals surface area contributed by atoms with Gasteiger partial charge in [-0.3, -0.25) is 0 Å². The summed E-state index contributed by atoms with van der Waals surface area (Å²) in [6.07, 6.45) is 3.29. The molecule has 1 saturated heterocycles. The van der Waals surface area contributed by atoms with Crippen molar-refractivity contribution in [2.75, 3.05) is 32.8 Å². The molecule has 1 aromatic carbocycles. The summed E-state index contributed by atoms with van der Waals surface area (Å²) < 4.78 is 5.70. The van der Waals surface area contributed by atoms with Crippen LogP contribution in [-0.4, -0.2) is 42.9 Å². The van der Waals surface area contributed by atoms with E-state index >= 15 is 0 Å². The summed E-state index contributed by atoms with van der Waals surface area (Å²) >= 11 is 5.91. The number of likely N-dealkylation sites (tertiary alicyclic amines) is 1. The van der Waals surface area contributed by atoms with Crippen molar-refractivity contribution in [2.24, 2.45) is 5.41 Å². The first kappa shape index (κ1) is 15.6. The lowest BCUT2D eigenvalue weighted by Crippen LogP contribution is -2.44. The number of ether oxygens (including phenoxy) is 1. The molecule has 0 amide bonds. The molecule has 3 nitrogen and oxygen atoms in total. The highest BCUT2D eigenvalue weighted by molar-refractivity contribution is 6.30. The number of rotatable bonds is 6. The van der Waals surface area contributed by atoms with Crippen LogP contribution in [0.2, 0.25) is 5.02 Å². The van der Waals surface area contributed by atoms with Crippen molar-refractivity contribution in [1.29, 1.82) is 0 Å². The monoisotopic (exact) mass is 297 g/mol. The van der Waals surface area contributed by atoms with E-state index in [9.17, 15) is 5.11 Å². The predicted molar refractivity (Wildman–Crippen MR) is 82.4 cm³/mol. The zero-order chi connectivity index (χ0) is 14.4. The molecule has 0 aromatic heterocycles. The minimum absolute atomic E-state index is 0.0755. The molecule has 1 atom stereocenters. The second-order valence-electron chi connectivity index (χ2n) is 6.01. The number of aliphatic hydroxyl groups is 1. The van der Waals surface area contributed by atoms with Gasteiger partial charge in [-0.2, -0.15) is 0 Å².